The summed E-state index contributed by atoms with van der Waals surface area (Å²) in [4.78, 5) is 62.8. The molecule has 1 unspecified atom stereocenters. The summed E-state index contributed by atoms with van der Waals surface area (Å²) in [5, 5.41) is 18.3. The lowest BCUT2D eigenvalue weighted by atomic mass is 9.80. The summed E-state index contributed by atoms with van der Waals surface area (Å²) in [5.74, 6) is -4.43. The SMILES string of the molecule is C.CC(=O)O.CC(=O)OC(C)=O.CC1(C)O[C@H]2O[C@H](COC(c3ccccc3)(c3ccccc3)c3ccccc3)[C@H](O)[C@H]2O1.CCCCCCCCO[C@@H]1[C@H]2OC(C)(C)O[C@H]2O[C@@H]1COC(c1ccccc1)(c1ccccc1)c1ccccc1.CCCCCCCCO[C@H]1[C@@H](CCC(C)=O)OC(OC(C)=O)[C@@H]1OC(C)=O. The van der Waals surface area contributed by atoms with Gasteiger partial charge < -0.3 is 81.3 Å². The zero-order valence-electron chi connectivity index (χ0n) is 66.0. The summed E-state index contributed by atoms with van der Waals surface area (Å²) in [6.45, 7) is 21.1. The molecule has 0 aromatic heterocycles. The number of rotatable bonds is 33. The third-order valence-corrected chi connectivity index (χ3v) is 18.7. The Labute approximate surface area is 656 Å². The molecule has 5 aliphatic heterocycles. The van der Waals surface area contributed by atoms with Crippen LogP contribution in [0.1, 0.15) is 214 Å². The van der Waals surface area contributed by atoms with Crippen LogP contribution in [0.15, 0.2) is 182 Å². The number of unbranched alkanes of at least 4 members (excludes halogenated alkanes) is 10. The van der Waals surface area contributed by atoms with Gasteiger partial charge in [-0.2, -0.15) is 0 Å². The van der Waals surface area contributed by atoms with Gasteiger partial charge in [-0.3, -0.25) is 24.0 Å². The number of ketones is 1. The standard InChI is InChI=1S/C35H44O5.C27H28O5.C20H34O7.C4H6O3.C2H4O2.CH4/c1-4-5-6-7-8-18-25-36-31-30(38-33-32(31)39-34(2,3)40-33)26-37-35(27-19-12-9-13-20-27,28-21-14-10-15-22-28)29-23-16-11-17-24-29;1-26(2)31-24-23(28)22(30-25(24)32-26)18-29-27(19-12-6-3-7-13-19,20-14-8-4-9-15-20)21-16-10-5-11-17-21;1-5-6-7-8-9-10-13-24-18-17(12-11-14(2)21)27-20(26-16(4)23)19(18)25-15(3)22;1-3(5)7-4(2)6;1-2(3)4;/h9-17,19-24,30-33H,4-8,18,25-26H2,1-3H3;3-17,22-25,28H,18H2,1-2H3;17-20H,5-13H2,1-4H3;1-2H3;1H3,(H,3,4);1H4/t30-,31+,32-,33-;22-,23+,24-,25-;17-,18+,19-,20?;;;/m111.../s1. The third kappa shape index (κ3) is 28.0. The minimum absolute atomic E-state index is 0. The van der Waals surface area contributed by atoms with Crippen LogP contribution in [-0.4, -0.2) is 158 Å². The Morgan fingerprint density at radius 2 is 0.739 bits per heavy atom. The maximum atomic E-state index is 11.5. The van der Waals surface area contributed by atoms with E-state index in [-0.39, 0.29) is 38.1 Å². The molecule has 5 heterocycles. The highest BCUT2D eigenvalue weighted by Gasteiger charge is 2.57. The Bertz CT molecular complexity index is 3470. The molecule has 5 aliphatic rings. The second kappa shape index (κ2) is 46.3. The number of esters is 4. The molecule has 5 fully saturated rings. The van der Waals surface area contributed by atoms with Crippen molar-refractivity contribution in [3.05, 3.63) is 215 Å². The van der Waals surface area contributed by atoms with Crippen LogP contribution >= 0.6 is 0 Å². The van der Waals surface area contributed by atoms with E-state index in [2.05, 4.69) is 128 Å². The molecule has 2 N–H and O–H groups in total. The molecule has 0 bridgehead atoms. The molecule has 111 heavy (non-hydrogen) atoms. The van der Waals surface area contributed by atoms with Crippen molar-refractivity contribution in [2.75, 3.05) is 26.4 Å². The minimum Gasteiger partial charge on any atom is -0.481 e. The van der Waals surface area contributed by atoms with Crippen molar-refractivity contribution in [3.8, 4) is 0 Å². The number of Topliss-reactive ketones (excluding diaryl/α,β-unsaturated/α-hetero) is 1. The molecule has 6 aromatic rings. The van der Waals surface area contributed by atoms with E-state index in [9.17, 15) is 29.1 Å². The van der Waals surface area contributed by atoms with E-state index in [4.69, 9.17) is 71.5 Å². The zero-order valence-corrected chi connectivity index (χ0v) is 66.0. The number of hydrogen-bond acceptors (Lipinski definition) is 21. The van der Waals surface area contributed by atoms with Gasteiger partial charge in [-0.1, -0.05) is 267 Å². The number of carbonyl (C=O) groups excluding carboxylic acids is 5. The van der Waals surface area contributed by atoms with E-state index in [1.54, 1.807) is 0 Å². The fraction of sp³-hybridized carbons (Fsp3) is 0.528. The van der Waals surface area contributed by atoms with Gasteiger partial charge in [-0.15, -0.1) is 0 Å². The van der Waals surface area contributed by atoms with Gasteiger partial charge in [0, 0.05) is 54.3 Å². The van der Waals surface area contributed by atoms with Gasteiger partial charge in [0.1, 0.15) is 59.7 Å². The Hall–Kier alpha value is -7.94. The van der Waals surface area contributed by atoms with Gasteiger partial charge in [0.05, 0.1) is 19.3 Å². The number of benzene rings is 6. The number of aliphatic carboxylic acids is 1. The van der Waals surface area contributed by atoms with Crippen molar-refractivity contribution >= 4 is 35.6 Å². The number of carboxylic acid groups (broad SMARTS) is 1. The molecule has 6 aromatic carbocycles. The molecule has 0 spiro atoms. The summed E-state index contributed by atoms with van der Waals surface area (Å²) in [6, 6.07) is 61.7. The lowest BCUT2D eigenvalue weighted by Gasteiger charge is -2.37. The summed E-state index contributed by atoms with van der Waals surface area (Å²) in [7, 11) is 0. The van der Waals surface area contributed by atoms with Gasteiger partial charge in [-0.25, -0.2) is 0 Å². The predicted molar refractivity (Wildman–Crippen MR) is 418 cm³/mol. The maximum absolute atomic E-state index is 11.5. The normalized spacial score (nSPS) is 23.0. The molecule has 0 aliphatic carbocycles. The number of carboxylic acids is 1. The number of aliphatic hydroxyl groups is 1. The van der Waals surface area contributed by atoms with Crippen LogP contribution < -0.4 is 0 Å². The Kier molecular flexibility index (Phi) is 38.3. The van der Waals surface area contributed by atoms with Crippen molar-refractivity contribution in [3.63, 3.8) is 0 Å². The van der Waals surface area contributed by atoms with Crippen LogP contribution in [0.25, 0.3) is 0 Å². The Balaban J connectivity index is 0.000000246. The highest BCUT2D eigenvalue weighted by Crippen LogP contribution is 2.46. The van der Waals surface area contributed by atoms with Crippen LogP contribution in [0.2, 0.25) is 0 Å². The first-order chi connectivity index (χ1) is 52.7. The van der Waals surface area contributed by atoms with E-state index in [1.807, 2.05) is 100 Å². The Morgan fingerprint density at radius 3 is 1.08 bits per heavy atom. The maximum Gasteiger partial charge on any atom is 0.310 e. The molecule has 608 valence electrons. The molecule has 12 atom stereocenters. The third-order valence-electron chi connectivity index (χ3n) is 18.7. The van der Waals surface area contributed by atoms with E-state index < -0.39 is 108 Å². The van der Waals surface area contributed by atoms with E-state index in [0.717, 1.165) is 66.0 Å². The van der Waals surface area contributed by atoms with E-state index >= 15 is 0 Å². The fourth-order valence-corrected chi connectivity index (χ4v) is 14.0. The number of aliphatic hydroxyl groups excluding tert-OH is 1. The second-order valence-electron chi connectivity index (χ2n) is 28.7. The lowest BCUT2D eigenvalue weighted by molar-refractivity contribution is -0.227. The van der Waals surface area contributed by atoms with E-state index in [1.165, 1.54) is 86.0 Å². The largest absolute Gasteiger partial charge is 0.481 e. The van der Waals surface area contributed by atoms with Crippen LogP contribution in [0.3, 0.4) is 0 Å². The molecule has 11 rings (SSSR count). The monoisotopic (exact) mass is 1540 g/mol. The smallest absolute Gasteiger partial charge is 0.310 e. The first-order valence-electron chi connectivity index (χ1n) is 38.7. The van der Waals surface area contributed by atoms with Gasteiger partial charge in [0.25, 0.3) is 5.97 Å². The van der Waals surface area contributed by atoms with Crippen LogP contribution in [0.5, 0.6) is 0 Å². The average Bonchev–Trinajstić information content (AvgIpc) is 1.64. The van der Waals surface area contributed by atoms with Crippen molar-refractivity contribution in [1.29, 1.82) is 0 Å². The Morgan fingerprint density at radius 1 is 0.405 bits per heavy atom. The fourth-order valence-electron chi connectivity index (χ4n) is 14.0. The van der Waals surface area contributed by atoms with Gasteiger partial charge in [0.2, 0.25) is 6.29 Å². The highest BCUT2D eigenvalue weighted by molar-refractivity contribution is 5.82. The van der Waals surface area contributed by atoms with Crippen LogP contribution in [0, 0.1) is 0 Å². The van der Waals surface area contributed by atoms with Crippen molar-refractivity contribution < 1.29 is 105 Å². The van der Waals surface area contributed by atoms with Crippen molar-refractivity contribution in [2.45, 2.75) is 277 Å². The first-order valence-corrected chi connectivity index (χ1v) is 38.7. The molecule has 0 saturated carbocycles. The molecule has 0 radical (unpaired) electrons. The number of fused-ring (bicyclic) bond motifs is 2. The van der Waals surface area contributed by atoms with Gasteiger partial charge in [0.15, 0.2) is 30.3 Å². The number of carbonyl (C=O) groups is 6. The molecular weight excluding hydrogens is 1420 g/mol. The van der Waals surface area contributed by atoms with Crippen LogP contribution in [0.4, 0.5) is 0 Å². The minimum atomic E-state index is -1.02. The first kappa shape index (κ1) is 91.9. The zero-order chi connectivity index (χ0) is 79.7. The molecule has 22 heteroatoms. The van der Waals surface area contributed by atoms with Gasteiger partial charge in [-0.05, 0) is 87.3 Å². The van der Waals surface area contributed by atoms with Crippen molar-refractivity contribution in [2.24, 2.45) is 0 Å². The molecule has 22 nitrogen and oxygen atoms in total. The number of ether oxygens (including phenoxy) is 14. The molecular formula is C89H120O22. The number of hydrogen-bond donors (Lipinski definition) is 2. The summed E-state index contributed by atoms with van der Waals surface area (Å²) in [6.07, 6.45) is 8.01. The van der Waals surface area contributed by atoms with Gasteiger partial charge >= 0.3 is 23.9 Å². The van der Waals surface area contributed by atoms with E-state index in [0.29, 0.717) is 32.7 Å². The topological polar surface area (TPSA) is 272 Å². The highest BCUT2D eigenvalue weighted by atomic mass is 16.9. The quantitative estimate of drug-likeness (QED) is 0.0127. The summed E-state index contributed by atoms with van der Waals surface area (Å²) < 4.78 is 83.0. The summed E-state index contributed by atoms with van der Waals surface area (Å²) in [5.41, 5.74) is 4.48. The molecule has 5 saturated heterocycles. The summed E-state index contributed by atoms with van der Waals surface area (Å²) >= 11 is 0. The average molecular weight is 1540 g/mol. The lowest BCUT2D eigenvalue weighted by Crippen LogP contribution is -2.42. The van der Waals surface area contributed by atoms with Crippen molar-refractivity contribution in [1.82, 2.24) is 0 Å². The van der Waals surface area contributed by atoms with Crippen LogP contribution in [-0.2, 0) is 106 Å². The second-order valence-corrected chi connectivity index (χ2v) is 28.7. The predicted octanol–water partition coefficient (Wildman–Crippen LogP) is 16.0. The molecule has 0 amide bonds.